The highest BCUT2D eigenvalue weighted by Crippen LogP contribution is 2.36. The number of anilines is 1. The lowest BCUT2D eigenvalue weighted by molar-refractivity contribution is -0.00268. The summed E-state index contributed by atoms with van der Waals surface area (Å²) >= 11 is 1.17. The van der Waals surface area contributed by atoms with E-state index in [-0.39, 0.29) is 5.75 Å². The molecule has 0 atom stereocenters. The van der Waals surface area contributed by atoms with E-state index in [0.717, 1.165) is 37.4 Å². The van der Waals surface area contributed by atoms with E-state index >= 15 is 0 Å². The van der Waals surface area contributed by atoms with Gasteiger partial charge in [0.15, 0.2) is 5.00 Å². The molecule has 15 heteroatoms. The monoisotopic (exact) mass is 678 g/mol. The number of unbranched alkanes of at least 4 members (excludes halogenated alkanes) is 1. The summed E-state index contributed by atoms with van der Waals surface area (Å²) in [4.78, 5) is 4.75. The van der Waals surface area contributed by atoms with Gasteiger partial charge in [0.05, 0.1) is 69.9 Å². The first-order chi connectivity index (χ1) is 22.1. The van der Waals surface area contributed by atoms with E-state index in [9.17, 15) is 18.9 Å². The fraction of sp³-hybridized carbons (Fsp3) is 0.613. The molecule has 1 aromatic carbocycles. The highest BCUT2D eigenvalue weighted by atomic mass is 32.2. The van der Waals surface area contributed by atoms with Crippen LogP contribution < -0.4 is 4.90 Å². The number of benzene rings is 1. The molecule has 0 aliphatic carbocycles. The topological polar surface area (TPSA) is 170 Å². The van der Waals surface area contributed by atoms with E-state index in [1.807, 2.05) is 26.1 Å². The largest absolute Gasteiger partial charge is 0.378 e. The Morgan fingerprint density at radius 2 is 1.48 bits per heavy atom. The first-order valence-corrected chi connectivity index (χ1v) is 17.7. The highest BCUT2D eigenvalue weighted by Gasteiger charge is 2.15. The smallest absolute Gasteiger partial charge is 0.264 e. The van der Waals surface area contributed by atoms with Crippen molar-refractivity contribution in [2.75, 3.05) is 96.7 Å². The zero-order valence-corrected chi connectivity index (χ0v) is 28.9. The van der Waals surface area contributed by atoms with E-state index in [4.69, 9.17) is 23.5 Å². The molecule has 0 saturated carbocycles. The molecule has 0 saturated heterocycles. The number of hydrogen-bond donors (Lipinski definition) is 1. The summed E-state index contributed by atoms with van der Waals surface area (Å²) in [6, 6.07) is 10.2. The molecule has 0 aliphatic rings. The van der Waals surface area contributed by atoms with Crippen molar-refractivity contribution in [1.29, 1.82) is 10.5 Å². The average molecular weight is 679 g/mol. The molecule has 2 aromatic rings. The van der Waals surface area contributed by atoms with Crippen molar-refractivity contribution in [2.45, 2.75) is 33.6 Å². The Balaban J connectivity index is 1.54. The third kappa shape index (κ3) is 15.1. The van der Waals surface area contributed by atoms with Gasteiger partial charge >= 0.3 is 0 Å². The maximum atomic E-state index is 10.7. The van der Waals surface area contributed by atoms with Gasteiger partial charge in [0.2, 0.25) is 0 Å². The highest BCUT2D eigenvalue weighted by molar-refractivity contribution is 7.85. The minimum absolute atomic E-state index is 0.201. The Kier molecular flexibility index (Phi) is 18.5. The summed E-state index contributed by atoms with van der Waals surface area (Å²) < 4.78 is 52.6. The van der Waals surface area contributed by atoms with E-state index < -0.39 is 10.1 Å². The standard InChI is InChI=1S/C31H46N6O7S2/c1-5-37(27-8-9-29(25(2)22-27)34-35-31-28(23-32)26(3)30(24-33)45-31)12-14-42-16-18-44-20-19-43-17-15-41-13-11-36(4)10-6-7-21-46(38,39)40/h8-9,22H,5-7,10-21H2,1-4H3,(H,38,39,40)/b35-34+. The SMILES string of the molecule is CCN(CCOCCOCCOCCOCCN(C)CCCCS(=O)(=O)O)c1ccc(/N=N/c2sc(C#N)c(C)c2C#N)c(C)c1. The summed E-state index contributed by atoms with van der Waals surface area (Å²) in [5.41, 5.74) is 3.73. The number of nitriles is 2. The van der Waals surface area contributed by atoms with Gasteiger partial charge in [-0.3, -0.25) is 4.55 Å². The van der Waals surface area contributed by atoms with Crippen LogP contribution in [0, 0.1) is 36.5 Å². The van der Waals surface area contributed by atoms with Gasteiger partial charge in [-0.15, -0.1) is 21.6 Å². The molecule has 0 bridgehead atoms. The second kappa shape index (κ2) is 21.7. The maximum absolute atomic E-state index is 10.7. The van der Waals surface area contributed by atoms with Crippen molar-refractivity contribution in [3.05, 3.63) is 39.8 Å². The Hall–Kier alpha value is -2.99. The maximum Gasteiger partial charge on any atom is 0.264 e. The van der Waals surface area contributed by atoms with Crippen LogP contribution in [0.1, 0.15) is 41.3 Å². The molecule has 1 heterocycles. The molecule has 1 N–H and O–H groups in total. The van der Waals surface area contributed by atoms with Gasteiger partial charge in [-0.05, 0) is 76.5 Å². The molecule has 0 fully saturated rings. The van der Waals surface area contributed by atoms with Crippen LogP contribution in [-0.4, -0.2) is 110 Å². The minimum Gasteiger partial charge on any atom is -0.378 e. The van der Waals surface area contributed by atoms with Gasteiger partial charge < -0.3 is 28.7 Å². The van der Waals surface area contributed by atoms with Crippen LogP contribution in [0.2, 0.25) is 0 Å². The van der Waals surface area contributed by atoms with Crippen LogP contribution in [0.15, 0.2) is 28.4 Å². The van der Waals surface area contributed by atoms with Gasteiger partial charge in [0.1, 0.15) is 17.0 Å². The third-order valence-corrected chi connectivity index (χ3v) is 8.83. The zero-order valence-electron chi connectivity index (χ0n) is 27.2. The number of nitrogens with zero attached hydrogens (tertiary/aromatic N) is 6. The summed E-state index contributed by atoms with van der Waals surface area (Å²) in [5.74, 6) is -0.201. The number of thiophene rings is 1. The Bertz CT molecular complexity index is 1420. The van der Waals surface area contributed by atoms with Gasteiger partial charge in [0.25, 0.3) is 10.1 Å². The summed E-state index contributed by atoms with van der Waals surface area (Å²) in [6.45, 7) is 12.8. The van der Waals surface area contributed by atoms with Crippen LogP contribution in [0.25, 0.3) is 0 Å². The molecule has 0 spiro atoms. The van der Waals surface area contributed by atoms with Gasteiger partial charge in [-0.25, -0.2) is 0 Å². The summed E-state index contributed by atoms with van der Waals surface area (Å²) in [6.07, 6.45) is 1.13. The van der Waals surface area contributed by atoms with Crippen molar-refractivity contribution < 1.29 is 31.9 Å². The first-order valence-electron chi connectivity index (χ1n) is 15.2. The summed E-state index contributed by atoms with van der Waals surface area (Å²) in [5, 5.41) is 27.7. The van der Waals surface area contributed by atoms with Crippen molar-refractivity contribution in [3.63, 3.8) is 0 Å². The lowest BCUT2D eigenvalue weighted by Gasteiger charge is -2.23. The predicted molar refractivity (Wildman–Crippen MR) is 178 cm³/mol. The number of azo groups is 1. The van der Waals surface area contributed by atoms with E-state index in [2.05, 4.69) is 45.2 Å². The van der Waals surface area contributed by atoms with Gasteiger partial charge in [-0.1, -0.05) is 0 Å². The normalized spacial score (nSPS) is 11.7. The van der Waals surface area contributed by atoms with E-state index in [1.165, 1.54) is 11.3 Å². The van der Waals surface area contributed by atoms with Crippen LogP contribution in [0.3, 0.4) is 0 Å². The van der Waals surface area contributed by atoms with Crippen molar-refractivity contribution >= 4 is 37.8 Å². The fourth-order valence-corrected chi connectivity index (χ4v) is 5.70. The lowest BCUT2D eigenvalue weighted by Crippen LogP contribution is -2.27. The molecule has 0 aliphatic heterocycles. The lowest BCUT2D eigenvalue weighted by atomic mass is 10.1. The van der Waals surface area contributed by atoms with Crippen LogP contribution in [-0.2, 0) is 29.1 Å². The molecule has 13 nitrogen and oxygen atoms in total. The molecular weight excluding hydrogens is 633 g/mol. The Labute approximate surface area is 277 Å². The number of rotatable bonds is 24. The minimum atomic E-state index is -3.88. The Morgan fingerprint density at radius 3 is 2.02 bits per heavy atom. The van der Waals surface area contributed by atoms with Crippen molar-refractivity contribution in [1.82, 2.24) is 4.90 Å². The first kappa shape index (κ1) is 39.2. The van der Waals surface area contributed by atoms with Crippen LogP contribution >= 0.6 is 11.3 Å². The molecule has 0 amide bonds. The zero-order chi connectivity index (χ0) is 33.8. The van der Waals surface area contributed by atoms with Crippen molar-refractivity contribution in [2.24, 2.45) is 10.2 Å². The summed E-state index contributed by atoms with van der Waals surface area (Å²) in [7, 11) is -1.93. The number of aryl methyl sites for hydroxylation is 1. The fourth-order valence-electron chi connectivity index (χ4n) is 4.26. The van der Waals surface area contributed by atoms with Crippen LogP contribution in [0.5, 0.6) is 0 Å². The number of likely N-dealkylation sites (N-methyl/N-ethyl adjacent to an activating group) is 2. The number of ether oxygens (including phenoxy) is 4. The molecule has 0 radical (unpaired) electrons. The third-order valence-electron chi connectivity index (χ3n) is 6.95. The second-order valence-electron chi connectivity index (χ2n) is 10.5. The molecule has 46 heavy (non-hydrogen) atoms. The molecule has 254 valence electrons. The molecular formula is C31H46N6O7S2. The van der Waals surface area contributed by atoms with Crippen molar-refractivity contribution in [3.8, 4) is 12.1 Å². The van der Waals surface area contributed by atoms with Crippen LogP contribution in [0.4, 0.5) is 16.4 Å². The molecule has 1 aromatic heterocycles. The quantitative estimate of drug-likeness (QED) is 0.0899. The van der Waals surface area contributed by atoms with Gasteiger partial charge in [0, 0.05) is 25.3 Å². The number of hydrogen-bond acceptors (Lipinski definition) is 13. The molecule has 2 rings (SSSR count). The van der Waals surface area contributed by atoms with E-state index in [1.54, 1.807) is 6.92 Å². The molecule has 0 unspecified atom stereocenters. The van der Waals surface area contributed by atoms with E-state index in [0.29, 0.717) is 92.4 Å². The average Bonchev–Trinajstić information content (AvgIpc) is 3.34. The second-order valence-corrected chi connectivity index (χ2v) is 13.0. The predicted octanol–water partition coefficient (Wildman–Crippen LogP) is 5.02. The Morgan fingerprint density at radius 1 is 0.870 bits per heavy atom. The van der Waals surface area contributed by atoms with Gasteiger partial charge in [-0.2, -0.15) is 18.9 Å².